The van der Waals surface area contributed by atoms with Gasteiger partial charge in [-0.2, -0.15) is 0 Å². The van der Waals surface area contributed by atoms with E-state index in [1.54, 1.807) is 18.7 Å². The van der Waals surface area contributed by atoms with Gasteiger partial charge < -0.3 is 14.3 Å². The minimum Gasteiger partial charge on any atom is -0.444 e. The molecule has 0 saturated carbocycles. The second-order valence-corrected chi connectivity index (χ2v) is 14.7. The summed E-state index contributed by atoms with van der Waals surface area (Å²) in [4.78, 5) is 14.2. The fourth-order valence-corrected chi connectivity index (χ4v) is 4.16. The number of hydrogen-bond donors (Lipinski definition) is 1. The van der Waals surface area contributed by atoms with Crippen LogP contribution in [-0.2, 0) is 9.16 Å². The van der Waals surface area contributed by atoms with Crippen molar-refractivity contribution in [3.05, 3.63) is 0 Å². The van der Waals surface area contributed by atoms with Gasteiger partial charge in [0.2, 0.25) is 0 Å². The van der Waals surface area contributed by atoms with Crippen LogP contribution in [0.1, 0.15) is 61.8 Å². The number of likely N-dealkylation sites (tertiary alicyclic amines) is 1. The molecule has 0 spiro atoms. The SMILES string of the molecule is CC(C)(C)OC(=O)N1CC[C@H](O[Si](C)(C)C(C)(C)C)[C@H]1C(C)(C)O. The molecule has 0 aromatic heterocycles. The van der Waals surface area contributed by atoms with E-state index in [1.165, 1.54) is 0 Å². The number of amides is 1. The Morgan fingerprint density at radius 3 is 1.96 bits per heavy atom. The van der Waals surface area contributed by atoms with Crippen molar-refractivity contribution < 1.29 is 19.1 Å². The quantitative estimate of drug-likeness (QED) is 0.769. The number of hydrogen-bond acceptors (Lipinski definition) is 4. The third-order valence-corrected chi connectivity index (χ3v) is 9.45. The number of nitrogens with zero attached hydrogens (tertiary/aromatic N) is 1. The topological polar surface area (TPSA) is 59.0 Å². The largest absolute Gasteiger partial charge is 0.444 e. The summed E-state index contributed by atoms with van der Waals surface area (Å²) in [6, 6.07) is -0.401. The van der Waals surface area contributed by atoms with Crippen molar-refractivity contribution in [2.75, 3.05) is 6.54 Å². The summed E-state index contributed by atoms with van der Waals surface area (Å²) in [5.74, 6) is 0. The summed E-state index contributed by atoms with van der Waals surface area (Å²) in [6.45, 7) is 20.6. The molecule has 6 heteroatoms. The third-order valence-electron chi connectivity index (χ3n) is 4.95. The van der Waals surface area contributed by atoms with Gasteiger partial charge in [0.15, 0.2) is 8.32 Å². The first-order valence-corrected chi connectivity index (χ1v) is 11.8. The van der Waals surface area contributed by atoms with Crippen LogP contribution in [0.3, 0.4) is 0 Å². The maximum atomic E-state index is 12.6. The lowest BCUT2D eigenvalue weighted by Crippen LogP contribution is -2.56. The number of carbonyl (C=O) groups is 1. The molecule has 1 N–H and O–H groups in total. The number of rotatable bonds is 3. The molecule has 0 aromatic carbocycles. The lowest BCUT2D eigenvalue weighted by Gasteiger charge is -2.43. The normalized spacial score (nSPS) is 23.5. The fourth-order valence-electron chi connectivity index (χ4n) is 2.80. The highest BCUT2D eigenvalue weighted by atomic mass is 28.4. The van der Waals surface area contributed by atoms with E-state index in [0.717, 1.165) is 6.42 Å². The lowest BCUT2D eigenvalue weighted by atomic mass is 9.95. The molecule has 24 heavy (non-hydrogen) atoms. The first kappa shape index (κ1) is 21.4. The monoisotopic (exact) mass is 359 g/mol. The molecule has 142 valence electrons. The molecule has 1 heterocycles. The van der Waals surface area contributed by atoms with Gasteiger partial charge in [0, 0.05) is 6.54 Å². The molecule has 0 bridgehead atoms. The van der Waals surface area contributed by atoms with Crippen molar-refractivity contribution in [1.29, 1.82) is 0 Å². The Hall–Kier alpha value is -0.593. The Labute approximate surface area is 148 Å². The van der Waals surface area contributed by atoms with Crippen molar-refractivity contribution in [2.45, 2.75) is 103 Å². The molecule has 5 nitrogen and oxygen atoms in total. The molecular weight excluding hydrogens is 322 g/mol. The van der Waals surface area contributed by atoms with Crippen LogP contribution in [0.5, 0.6) is 0 Å². The summed E-state index contributed by atoms with van der Waals surface area (Å²) in [5.41, 5.74) is -1.61. The van der Waals surface area contributed by atoms with Gasteiger partial charge in [0.05, 0.1) is 17.7 Å². The van der Waals surface area contributed by atoms with Crippen LogP contribution in [0.15, 0.2) is 0 Å². The highest BCUT2D eigenvalue weighted by Gasteiger charge is 2.50. The van der Waals surface area contributed by atoms with Crippen molar-refractivity contribution in [3.8, 4) is 0 Å². The van der Waals surface area contributed by atoms with Gasteiger partial charge in [-0.05, 0) is 59.2 Å². The van der Waals surface area contributed by atoms with Crippen molar-refractivity contribution in [3.63, 3.8) is 0 Å². The van der Waals surface area contributed by atoms with Crippen LogP contribution in [0.4, 0.5) is 4.79 Å². The predicted octanol–water partition coefficient (Wildman–Crippen LogP) is 4.16. The van der Waals surface area contributed by atoms with E-state index in [9.17, 15) is 9.90 Å². The molecule has 2 atom stereocenters. The van der Waals surface area contributed by atoms with Crippen LogP contribution in [0.25, 0.3) is 0 Å². The average molecular weight is 360 g/mol. The van der Waals surface area contributed by atoms with E-state index in [0.29, 0.717) is 6.54 Å². The van der Waals surface area contributed by atoms with E-state index < -0.39 is 25.6 Å². The second kappa shape index (κ2) is 6.61. The molecule has 1 aliphatic heterocycles. The van der Waals surface area contributed by atoms with Gasteiger partial charge in [0.1, 0.15) is 5.60 Å². The highest BCUT2D eigenvalue weighted by molar-refractivity contribution is 6.74. The summed E-state index contributed by atoms with van der Waals surface area (Å²) in [5, 5.41) is 10.8. The second-order valence-electron chi connectivity index (χ2n) is 9.98. The van der Waals surface area contributed by atoms with E-state index in [4.69, 9.17) is 9.16 Å². The maximum Gasteiger partial charge on any atom is 0.410 e. The zero-order valence-corrected chi connectivity index (χ0v) is 18.2. The fraction of sp³-hybridized carbons (Fsp3) is 0.944. The van der Waals surface area contributed by atoms with Gasteiger partial charge in [-0.15, -0.1) is 0 Å². The smallest absolute Gasteiger partial charge is 0.410 e. The number of carbonyl (C=O) groups excluding carboxylic acids is 1. The Kier molecular flexibility index (Phi) is 5.91. The Bertz CT molecular complexity index is 457. The molecule has 0 aliphatic carbocycles. The molecular formula is C18H37NO4Si. The van der Waals surface area contributed by atoms with Crippen LogP contribution < -0.4 is 0 Å². The van der Waals surface area contributed by atoms with Gasteiger partial charge in [-0.1, -0.05) is 20.8 Å². The first-order chi connectivity index (χ1) is 10.5. The molecule has 1 amide bonds. The zero-order valence-electron chi connectivity index (χ0n) is 17.2. The molecule has 1 saturated heterocycles. The minimum absolute atomic E-state index is 0.0798. The molecule has 0 aromatic rings. The third kappa shape index (κ3) is 5.20. The van der Waals surface area contributed by atoms with Gasteiger partial charge in [-0.3, -0.25) is 4.90 Å². The van der Waals surface area contributed by atoms with E-state index in [-0.39, 0.29) is 17.2 Å². The van der Waals surface area contributed by atoms with Crippen LogP contribution in [0.2, 0.25) is 18.1 Å². The Morgan fingerprint density at radius 1 is 1.08 bits per heavy atom. The van der Waals surface area contributed by atoms with E-state index in [2.05, 4.69) is 33.9 Å². The summed E-state index contributed by atoms with van der Waals surface area (Å²) in [7, 11) is -1.99. The Balaban J connectivity index is 3.03. The van der Waals surface area contributed by atoms with Crippen LogP contribution in [-0.4, -0.2) is 54.3 Å². The molecule has 0 unspecified atom stereocenters. The number of ether oxygens (including phenoxy) is 1. The van der Waals surface area contributed by atoms with Crippen molar-refractivity contribution in [1.82, 2.24) is 4.90 Å². The van der Waals surface area contributed by atoms with Crippen molar-refractivity contribution >= 4 is 14.4 Å². The first-order valence-electron chi connectivity index (χ1n) is 8.85. The summed E-state index contributed by atoms with van der Waals surface area (Å²) in [6.07, 6.45) is 0.176. The zero-order chi connectivity index (χ0) is 19.1. The maximum absolute atomic E-state index is 12.6. The molecule has 0 radical (unpaired) electrons. The lowest BCUT2D eigenvalue weighted by molar-refractivity contribution is -0.0495. The molecule has 1 rings (SSSR count). The standard InChI is InChI=1S/C18H37NO4Si/c1-16(2,3)22-15(20)19-12-11-13(14(19)18(7,8)21)23-24(9,10)17(4,5)6/h13-14,21H,11-12H2,1-10H3/t13-,14-/m0/s1. The van der Waals surface area contributed by atoms with E-state index >= 15 is 0 Å². The van der Waals surface area contributed by atoms with E-state index in [1.807, 2.05) is 20.8 Å². The number of aliphatic hydroxyl groups is 1. The van der Waals surface area contributed by atoms with Gasteiger partial charge >= 0.3 is 6.09 Å². The predicted molar refractivity (Wildman–Crippen MR) is 99.7 cm³/mol. The highest BCUT2D eigenvalue weighted by Crippen LogP contribution is 2.41. The Morgan fingerprint density at radius 2 is 1.58 bits per heavy atom. The van der Waals surface area contributed by atoms with Crippen LogP contribution in [0, 0.1) is 0 Å². The summed E-state index contributed by atoms with van der Waals surface area (Å²) < 4.78 is 12.1. The van der Waals surface area contributed by atoms with Gasteiger partial charge in [0.25, 0.3) is 0 Å². The van der Waals surface area contributed by atoms with Crippen LogP contribution >= 0.6 is 0 Å². The minimum atomic E-state index is -1.99. The van der Waals surface area contributed by atoms with Crippen molar-refractivity contribution in [2.24, 2.45) is 0 Å². The molecule has 1 aliphatic rings. The summed E-state index contributed by atoms with van der Waals surface area (Å²) >= 11 is 0. The van der Waals surface area contributed by atoms with Gasteiger partial charge in [-0.25, -0.2) is 4.79 Å². The molecule has 1 fully saturated rings. The average Bonchev–Trinajstić information content (AvgIpc) is 2.67.